The first-order chi connectivity index (χ1) is 14.5. The Morgan fingerprint density at radius 1 is 1.00 bits per heavy atom. The number of hydrogen-bond acceptors (Lipinski definition) is 2. The third-order valence-electron chi connectivity index (χ3n) is 6.90. The predicted octanol–water partition coefficient (Wildman–Crippen LogP) is 7.06. The second-order valence-electron chi connectivity index (χ2n) is 10.2. The molecule has 1 saturated carbocycles. The van der Waals surface area contributed by atoms with E-state index in [1.54, 1.807) is 0 Å². The van der Waals surface area contributed by atoms with Crippen molar-refractivity contribution in [1.29, 1.82) is 0 Å². The minimum absolute atomic E-state index is 0.0775. The molecule has 166 valence electrons. The van der Waals surface area contributed by atoms with Gasteiger partial charge in [-0.3, -0.25) is 0 Å². The quantitative estimate of drug-likeness (QED) is 0.266. The Hall–Kier alpha value is -1.67. The predicted molar refractivity (Wildman–Crippen MR) is 138 cm³/mol. The summed E-state index contributed by atoms with van der Waals surface area (Å²) in [5, 5.41) is 2.02. The van der Waals surface area contributed by atoms with Crippen molar-refractivity contribution in [2.24, 2.45) is 0 Å². The van der Waals surface area contributed by atoms with Gasteiger partial charge in [0.05, 0.1) is 6.10 Å². The highest BCUT2D eigenvalue weighted by Gasteiger charge is 2.40. The Bertz CT molecular complexity index is 928. The van der Waals surface area contributed by atoms with E-state index in [9.17, 15) is 4.57 Å². The largest absolute Gasteiger partial charge is 0.410 e. The summed E-state index contributed by atoms with van der Waals surface area (Å²) < 4.78 is 21.0. The number of allylic oxidation sites excluding steroid dienone is 1. The summed E-state index contributed by atoms with van der Waals surface area (Å²) >= 11 is 0. The Morgan fingerprint density at radius 2 is 1.52 bits per heavy atom. The third-order valence-corrected chi connectivity index (χ3v) is 14.3. The van der Waals surface area contributed by atoms with Crippen molar-refractivity contribution in [3.05, 3.63) is 84.5 Å². The molecule has 0 heterocycles. The monoisotopic (exact) mass is 452 g/mol. The lowest BCUT2D eigenvalue weighted by Gasteiger charge is -2.41. The fourth-order valence-corrected chi connectivity index (χ4v) is 7.62. The van der Waals surface area contributed by atoms with Crippen molar-refractivity contribution < 1.29 is 8.99 Å². The van der Waals surface area contributed by atoms with E-state index in [0.717, 1.165) is 29.9 Å². The van der Waals surface area contributed by atoms with Crippen LogP contribution in [0.2, 0.25) is 18.1 Å². The zero-order chi connectivity index (χ0) is 22.7. The zero-order valence-corrected chi connectivity index (χ0v) is 21.6. The molecule has 3 rings (SSSR count). The highest BCUT2D eigenvalue weighted by molar-refractivity contribution is 7.78. The molecule has 0 spiro atoms. The fraction of sp³-hybridized carbons (Fsp3) is 0.407. The van der Waals surface area contributed by atoms with E-state index in [1.807, 2.05) is 60.7 Å². The average Bonchev–Trinajstić information content (AvgIpc) is 2.74. The maximum Gasteiger partial charge on any atom is 0.192 e. The molecule has 1 aliphatic rings. The molecular formula is C27H37O2PSi. The van der Waals surface area contributed by atoms with Gasteiger partial charge in [-0.25, -0.2) is 0 Å². The van der Waals surface area contributed by atoms with Gasteiger partial charge in [-0.05, 0) is 43.0 Å². The van der Waals surface area contributed by atoms with Gasteiger partial charge in [0.25, 0.3) is 0 Å². The first kappa shape index (κ1) is 24.0. The molecule has 1 fully saturated rings. The molecule has 2 aromatic rings. The van der Waals surface area contributed by atoms with Gasteiger partial charge in [0.1, 0.15) is 7.14 Å². The van der Waals surface area contributed by atoms with Crippen LogP contribution >= 0.6 is 7.14 Å². The summed E-state index contributed by atoms with van der Waals surface area (Å²) in [4.78, 5) is 0. The van der Waals surface area contributed by atoms with Crippen LogP contribution < -0.4 is 10.6 Å². The van der Waals surface area contributed by atoms with Crippen molar-refractivity contribution in [2.45, 2.75) is 64.3 Å². The molecule has 2 aromatic carbocycles. The van der Waals surface area contributed by atoms with E-state index in [2.05, 4.69) is 46.5 Å². The maximum atomic E-state index is 14.3. The second kappa shape index (κ2) is 9.44. The average molecular weight is 453 g/mol. The first-order valence-corrected chi connectivity index (χ1v) is 16.1. The summed E-state index contributed by atoms with van der Waals surface area (Å²) in [5.41, 5.74) is 2.56. The molecule has 2 nitrogen and oxygen atoms in total. The van der Waals surface area contributed by atoms with Gasteiger partial charge in [0, 0.05) is 16.8 Å². The van der Waals surface area contributed by atoms with Crippen molar-refractivity contribution in [3.63, 3.8) is 0 Å². The molecule has 31 heavy (non-hydrogen) atoms. The van der Waals surface area contributed by atoms with Gasteiger partial charge in [0.15, 0.2) is 8.32 Å². The van der Waals surface area contributed by atoms with Gasteiger partial charge in [-0.2, -0.15) is 0 Å². The van der Waals surface area contributed by atoms with Gasteiger partial charge in [-0.15, -0.1) is 0 Å². The molecule has 0 bridgehead atoms. The van der Waals surface area contributed by atoms with Crippen molar-refractivity contribution >= 4 is 26.1 Å². The molecule has 4 heteroatoms. The summed E-state index contributed by atoms with van der Waals surface area (Å²) in [6.07, 6.45) is 5.67. The van der Waals surface area contributed by atoms with Crippen LogP contribution in [0, 0.1) is 0 Å². The maximum absolute atomic E-state index is 14.3. The molecule has 0 radical (unpaired) electrons. The Morgan fingerprint density at radius 3 is 2.00 bits per heavy atom. The van der Waals surface area contributed by atoms with E-state index >= 15 is 0 Å². The molecule has 0 amide bonds. The smallest absolute Gasteiger partial charge is 0.192 e. The molecule has 0 N–H and O–H groups in total. The van der Waals surface area contributed by atoms with Crippen LogP contribution in [0.3, 0.4) is 0 Å². The normalized spacial score (nSPS) is 19.6. The third kappa shape index (κ3) is 5.58. The fourth-order valence-electron chi connectivity index (χ4n) is 3.76. The molecule has 1 aliphatic carbocycles. The highest BCUT2D eigenvalue weighted by atomic mass is 31.2. The van der Waals surface area contributed by atoms with Gasteiger partial charge in [-0.1, -0.05) is 99.7 Å². The van der Waals surface area contributed by atoms with E-state index < -0.39 is 15.5 Å². The molecule has 0 aliphatic heterocycles. The minimum Gasteiger partial charge on any atom is -0.410 e. The molecule has 0 aromatic heterocycles. The minimum atomic E-state index is -2.72. The van der Waals surface area contributed by atoms with E-state index in [4.69, 9.17) is 4.43 Å². The van der Waals surface area contributed by atoms with Crippen LogP contribution in [0.5, 0.6) is 0 Å². The number of hydrogen-bond donors (Lipinski definition) is 0. The molecule has 1 atom stereocenters. The van der Waals surface area contributed by atoms with E-state index in [0.29, 0.717) is 6.16 Å². The van der Waals surface area contributed by atoms with Crippen molar-refractivity contribution in [2.75, 3.05) is 6.16 Å². The van der Waals surface area contributed by atoms with Crippen molar-refractivity contribution in [1.82, 2.24) is 0 Å². The lowest BCUT2D eigenvalue weighted by molar-refractivity contribution is 0.201. The van der Waals surface area contributed by atoms with Crippen LogP contribution in [0.25, 0.3) is 0 Å². The van der Waals surface area contributed by atoms with Crippen LogP contribution in [-0.2, 0) is 8.99 Å². The number of rotatable bonds is 6. The lowest BCUT2D eigenvalue weighted by atomic mass is 9.89. The summed E-state index contributed by atoms with van der Waals surface area (Å²) in [6.45, 7) is 15.7. The highest BCUT2D eigenvalue weighted by Crippen LogP contribution is 2.45. The SMILES string of the molecule is C=C1CCC(=CCP(=O)(c2ccccc2)c2ccccc2)C[C@H]1O[Si](C)(C)C(C)(C)C. The van der Waals surface area contributed by atoms with Crippen LogP contribution in [0.15, 0.2) is 84.5 Å². The van der Waals surface area contributed by atoms with Crippen LogP contribution in [0.1, 0.15) is 40.0 Å². The summed E-state index contributed by atoms with van der Waals surface area (Å²) in [6, 6.07) is 19.9. The standard InChI is InChI=1S/C27H37O2PSi/c1-22-17-18-23(21-26(22)29-31(5,6)27(2,3)4)19-20-30(28,24-13-9-7-10-14-24)25-15-11-8-12-16-25/h7-16,19,26H,1,17-18,20-21H2,2-6H3/t26-/m1/s1. The first-order valence-electron chi connectivity index (χ1n) is 11.3. The number of benzene rings is 2. The van der Waals surface area contributed by atoms with Crippen LogP contribution in [-0.4, -0.2) is 20.6 Å². The van der Waals surface area contributed by atoms with Gasteiger partial charge < -0.3 is 8.99 Å². The summed E-state index contributed by atoms with van der Waals surface area (Å²) in [7, 11) is -4.60. The Balaban J connectivity index is 1.84. The second-order valence-corrected chi connectivity index (χ2v) is 17.8. The summed E-state index contributed by atoms with van der Waals surface area (Å²) in [5.74, 6) is 0. The molecule has 0 unspecified atom stereocenters. The van der Waals surface area contributed by atoms with E-state index in [-0.39, 0.29) is 11.1 Å². The Kier molecular flexibility index (Phi) is 7.31. The Labute approximate surface area is 189 Å². The van der Waals surface area contributed by atoms with Gasteiger partial charge in [0.2, 0.25) is 0 Å². The topological polar surface area (TPSA) is 26.3 Å². The zero-order valence-electron chi connectivity index (χ0n) is 19.7. The van der Waals surface area contributed by atoms with E-state index in [1.165, 1.54) is 11.1 Å². The van der Waals surface area contributed by atoms with Gasteiger partial charge >= 0.3 is 0 Å². The molecular weight excluding hydrogens is 415 g/mol. The lowest BCUT2D eigenvalue weighted by Crippen LogP contribution is -2.45. The van der Waals surface area contributed by atoms with Crippen molar-refractivity contribution in [3.8, 4) is 0 Å². The molecule has 0 saturated heterocycles. The van der Waals surface area contributed by atoms with Crippen LogP contribution in [0.4, 0.5) is 0 Å².